The van der Waals surface area contributed by atoms with Gasteiger partial charge in [0.15, 0.2) is 0 Å². The quantitative estimate of drug-likeness (QED) is 0.891. The molecular formula is C18H27N3O. The summed E-state index contributed by atoms with van der Waals surface area (Å²) >= 11 is 0. The number of aliphatic hydroxyl groups excluding tert-OH is 1. The van der Waals surface area contributed by atoms with Gasteiger partial charge in [-0.2, -0.15) is 5.10 Å². The first-order valence-corrected chi connectivity index (χ1v) is 7.80. The maximum absolute atomic E-state index is 9.40. The Balaban J connectivity index is 2.10. The number of nitrogens with one attached hydrogen (secondary N) is 1. The van der Waals surface area contributed by atoms with Gasteiger partial charge in [0.05, 0.1) is 17.8 Å². The van der Waals surface area contributed by atoms with E-state index in [1.165, 1.54) is 5.56 Å². The van der Waals surface area contributed by atoms with Crippen molar-refractivity contribution in [2.24, 2.45) is 0 Å². The zero-order valence-electron chi connectivity index (χ0n) is 14.2. The number of aliphatic hydroxyl groups is 1. The first-order valence-electron chi connectivity index (χ1n) is 7.80. The molecule has 4 heteroatoms. The van der Waals surface area contributed by atoms with Gasteiger partial charge < -0.3 is 10.4 Å². The molecular weight excluding hydrogens is 274 g/mol. The van der Waals surface area contributed by atoms with Crippen LogP contribution in [0, 0.1) is 6.92 Å². The van der Waals surface area contributed by atoms with E-state index in [2.05, 4.69) is 57.3 Å². The molecule has 1 unspecified atom stereocenters. The highest BCUT2D eigenvalue weighted by Crippen LogP contribution is 2.21. The van der Waals surface area contributed by atoms with Gasteiger partial charge in [-0.1, -0.05) is 24.3 Å². The molecule has 120 valence electrons. The van der Waals surface area contributed by atoms with Crippen LogP contribution in [-0.2, 0) is 18.7 Å². The molecule has 2 N–H and O–H groups in total. The average molecular weight is 301 g/mol. The zero-order valence-corrected chi connectivity index (χ0v) is 14.2. The summed E-state index contributed by atoms with van der Waals surface area (Å²) in [6, 6.07) is 8.18. The summed E-state index contributed by atoms with van der Waals surface area (Å²) in [7, 11) is 0. The van der Waals surface area contributed by atoms with Gasteiger partial charge in [0, 0.05) is 24.3 Å². The minimum atomic E-state index is -0.00772. The second-order valence-electron chi connectivity index (χ2n) is 6.81. The molecule has 0 amide bonds. The molecule has 2 aromatic rings. The van der Waals surface area contributed by atoms with E-state index in [0.717, 1.165) is 23.4 Å². The van der Waals surface area contributed by atoms with Crippen LogP contribution in [0.2, 0.25) is 0 Å². The fraction of sp³-hybridized carbons (Fsp3) is 0.500. The number of hydrogen-bond donors (Lipinski definition) is 2. The lowest BCUT2D eigenvalue weighted by Gasteiger charge is -2.19. The van der Waals surface area contributed by atoms with Gasteiger partial charge in [0.25, 0.3) is 0 Å². The van der Waals surface area contributed by atoms with Gasteiger partial charge in [-0.05, 0) is 45.7 Å². The molecule has 0 saturated heterocycles. The smallest absolute Gasteiger partial charge is 0.0685 e. The molecule has 0 spiro atoms. The number of benzene rings is 1. The Kier molecular flexibility index (Phi) is 5.04. The Morgan fingerprint density at radius 3 is 2.41 bits per heavy atom. The molecule has 2 rings (SSSR count). The molecule has 0 aliphatic carbocycles. The third kappa shape index (κ3) is 3.76. The van der Waals surface area contributed by atoms with Crippen molar-refractivity contribution in [1.29, 1.82) is 0 Å². The van der Waals surface area contributed by atoms with Gasteiger partial charge in [-0.3, -0.25) is 4.68 Å². The number of nitrogens with zero attached hydrogens (tertiary/aromatic N) is 2. The molecule has 0 bridgehead atoms. The summed E-state index contributed by atoms with van der Waals surface area (Å²) in [6.45, 7) is 11.5. The summed E-state index contributed by atoms with van der Waals surface area (Å²) in [4.78, 5) is 0. The van der Waals surface area contributed by atoms with Crippen LogP contribution in [-0.4, -0.2) is 14.9 Å². The zero-order chi connectivity index (χ0) is 16.3. The standard InChI is InChI=1S/C18H27N3O/c1-13(17-11-21(18(3,4)5)20-14(17)2)19-10-15-8-6-7-9-16(15)12-22/h6-9,11,13,19,22H,10,12H2,1-5H3. The van der Waals surface area contributed by atoms with E-state index < -0.39 is 0 Å². The summed E-state index contributed by atoms with van der Waals surface area (Å²) in [6.07, 6.45) is 2.13. The SMILES string of the molecule is Cc1nn(C(C)(C)C)cc1C(C)NCc1ccccc1CO. The van der Waals surface area contributed by atoms with Gasteiger partial charge in [0.2, 0.25) is 0 Å². The predicted molar refractivity (Wildman–Crippen MR) is 89.6 cm³/mol. The van der Waals surface area contributed by atoms with Gasteiger partial charge in [0.1, 0.15) is 0 Å². The predicted octanol–water partition coefficient (Wildman–Crippen LogP) is 3.29. The largest absolute Gasteiger partial charge is 0.392 e. The molecule has 1 aromatic carbocycles. The van der Waals surface area contributed by atoms with Crippen LogP contribution >= 0.6 is 0 Å². The van der Waals surface area contributed by atoms with E-state index in [1.54, 1.807) is 0 Å². The first kappa shape index (κ1) is 16.7. The summed E-state index contributed by atoms with van der Waals surface area (Å²) in [5.74, 6) is 0. The second-order valence-corrected chi connectivity index (χ2v) is 6.81. The summed E-state index contributed by atoms with van der Waals surface area (Å²) < 4.78 is 2.03. The molecule has 1 aromatic heterocycles. The lowest BCUT2D eigenvalue weighted by molar-refractivity contribution is 0.280. The Morgan fingerprint density at radius 2 is 1.86 bits per heavy atom. The lowest BCUT2D eigenvalue weighted by Crippen LogP contribution is -2.22. The Labute approximate surface area is 133 Å². The van der Waals surface area contributed by atoms with E-state index in [4.69, 9.17) is 0 Å². The van der Waals surface area contributed by atoms with Crippen molar-refractivity contribution in [2.45, 2.75) is 59.4 Å². The van der Waals surface area contributed by atoms with E-state index in [1.807, 2.05) is 22.9 Å². The maximum atomic E-state index is 9.40. The molecule has 0 aliphatic rings. The van der Waals surface area contributed by atoms with Crippen LogP contribution in [0.1, 0.15) is 56.1 Å². The fourth-order valence-corrected chi connectivity index (χ4v) is 2.50. The molecule has 1 atom stereocenters. The molecule has 1 heterocycles. The summed E-state index contributed by atoms with van der Waals surface area (Å²) in [5, 5.41) is 17.6. The Hall–Kier alpha value is -1.65. The van der Waals surface area contributed by atoms with Gasteiger partial charge >= 0.3 is 0 Å². The molecule has 0 fully saturated rings. The second kappa shape index (κ2) is 6.63. The molecule has 4 nitrogen and oxygen atoms in total. The minimum Gasteiger partial charge on any atom is -0.392 e. The van der Waals surface area contributed by atoms with E-state index in [0.29, 0.717) is 0 Å². The number of aryl methyl sites for hydroxylation is 1. The van der Waals surface area contributed by atoms with Crippen molar-refractivity contribution in [2.75, 3.05) is 0 Å². The third-order valence-corrected chi connectivity index (χ3v) is 3.98. The van der Waals surface area contributed by atoms with Crippen LogP contribution in [0.4, 0.5) is 0 Å². The van der Waals surface area contributed by atoms with Crippen LogP contribution in [0.5, 0.6) is 0 Å². The van der Waals surface area contributed by atoms with Crippen LogP contribution in [0.3, 0.4) is 0 Å². The molecule has 0 saturated carbocycles. The topological polar surface area (TPSA) is 50.1 Å². The highest BCUT2D eigenvalue weighted by atomic mass is 16.3. The molecule has 0 radical (unpaired) electrons. The third-order valence-electron chi connectivity index (χ3n) is 3.98. The van der Waals surface area contributed by atoms with Crippen molar-refractivity contribution < 1.29 is 5.11 Å². The van der Waals surface area contributed by atoms with Crippen molar-refractivity contribution >= 4 is 0 Å². The Morgan fingerprint density at radius 1 is 1.23 bits per heavy atom. The number of hydrogen-bond acceptors (Lipinski definition) is 3. The highest BCUT2D eigenvalue weighted by Gasteiger charge is 2.19. The normalized spacial score (nSPS) is 13.4. The average Bonchev–Trinajstić information content (AvgIpc) is 2.87. The van der Waals surface area contributed by atoms with Crippen molar-refractivity contribution in [3.05, 3.63) is 52.8 Å². The van der Waals surface area contributed by atoms with Crippen molar-refractivity contribution in [3.63, 3.8) is 0 Å². The van der Waals surface area contributed by atoms with Crippen LogP contribution in [0.25, 0.3) is 0 Å². The van der Waals surface area contributed by atoms with E-state index in [-0.39, 0.29) is 18.2 Å². The molecule has 22 heavy (non-hydrogen) atoms. The number of aromatic nitrogens is 2. The summed E-state index contributed by atoms with van der Waals surface area (Å²) in [5.41, 5.74) is 4.38. The lowest BCUT2D eigenvalue weighted by atomic mass is 10.1. The van der Waals surface area contributed by atoms with E-state index >= 15 is 0 Å². The monoisotopic (exact) mass is 301 g/mol. The first-order chi connectivity index (χ1) is 10.3. The highest BCUT2D eigenvalue weighted by molar-refractivity contribution is 5.27. The van der Waals surface area contributed by atoms with Gasteiger partial charge in [-0.25, -0.2) is 0 Å². The van der Waals surface area contributed by atoms with Crippen LogP contribution in [0.15, 0.2) is 30.5 Å². The van der Waals surface area contributed by atoms with Gasteiger partial charge in [-0.15, -0.1) is 0 Å². The number of rotatable bonds is 5. The van der Waals surface area contributed by atoms with Crippen molar-refractivity contribution in [1.82, 2.24) is 15.1 Å². The molecule has 0 aliphatic heterocycles. The minimum absolute atomic E-state index is 0.00772. The fourth-order valence-electron chi connectivity index (χ4n) is 2.50. The maximum Gasteiger partial charge on any atom is 0.0685 e. The van der Waals surface area contributed by atoms with Crippen LogP contribution < -0.4 is 5.32 Å². The Bertz CT molecular complexity index is 626. The van der Waals surface area contributed by atoms with E-state index in [9.17, 15) is 5.11 Å². The van der Waals surface area contributed by atoms with Crippen molar-refractivity contribution in [3.8, 4) is 0 Å².